The highest BCUT2D eigenvalue weighted by Gasteiger charge is 2.12. The number of imidazole rings is 1. The van der Waals surface area contributed by atoms with Crippen molar-refractivity contribution in [3.8, 4) is 11.5 Å². The van der Waals surface area contributed by atoms with Gasteiger partial charge < -0.3 is 24.8 Å². The molecule has 0 unspecified atom stereocenters. The van der Waals surface area contributed by atoms with Crippen LogP contribution in [0.4, 0.5) is 5.69 Å². The van der Waals surface area contributed by atoms with Crippen LogP contribution >= 0.6 is 0 Å². The monoisotopic (exact) mass is 341 g/mol. The number of amides is 1. The Morgan fingerprint density at radius 1 is 0.960 bits per heavy atom. The number of ether oxygens (including phenoxy) is 2. The maximum atomic E-state index is 12.5. The summed E-state index contributed by atoms with van der Waals surface area (Å²) in [4.78, 5) is 29.1. The molecular formula is C18H19N3O4. The number of benzene rings is 2. The van der Waals surface area contributed by atoms with Crippen LogP contribution in [0.1, 0.15) is 24.2 Å². The molecule has 1 heterocycles. The molecule has 2 aromatic carbocycles. The maximum absolute atomic E-state index is 12.5. The van der Waals surface area contributed by atoms with Gasteiger partial charge in [-0.1, -0.05) is 0 Å². The van der Waals surface area contributed by atoms with E-state index in [-0.39, 0.29) is 11.6 Å². The quantitative estimate of drug-likeness (QED) is 0.642. The number of fused-ring (bicyclic) bond motifs is 1. The van der Waals surface area contributed by atoms with Gasteiger partial charge in [-0.25, -0.2) is 4.79 Å². The van der Waals surface area contributed by atoms with Crippen molar-refractivity contribution in [1.29, 1.82) is 0 Å². The Labute approximate surface area is 144 Å². The Morgan fingerprint density at radius 2 is 1.68 bits per heavy atom. The number of H-pyrrole nitrogens is 2. The van der Waals surface area contributed by atoms with Crippen molar-refractivity contribution in [2.45, 2.75) is 13.8 Å². The zero-order chi connectivity index (χ0) is 17.8. The highest BCUT2D eigenvalue weighted by atomic mass is 16.5. The van der Waals surface area contributed by atoms with E-state index in [1.54, 1.807) is 36.4 Å². The van der Waals surface area contributed by atoms with Crippen molar-refractivity contribution < 1.29 is 14.3 Å². The van der Waals surface area contributed by atoms with E-state index in [4.69, 9.17) is 9.47 Å². The van der Waals surface area contributed by atoms with Gasteiger partial charge in [0.2, 0.25) is 0 Å². The fraction of sp³-hybridized carbons (Fsp3) is 0.222. The molecule has 7 heteroatoms. The zero-order valence-corrected chi connectivity index (χ0v) is 14.0. The van der Waals surface area contributed by atoms with E-state index in [1.165, 1.54) is 0 Å². The molecule has 1 aromatic heterocycles. The van der Waals surface area contributed by atoms with Crippen LogP contribution in [0.2, 0.25) is 0 Å². The van der Waals surface area contributed by atoms with E-state index in [9.17, 15) is 9.59 Å². The molecule has 3 rings (SSSR count). The Kier molecular flexibility index (Phi) is 4.74. The molecule has 1 amide bonds. The van der Waals surface area contributed by atoms with Gasteiger partial charge in [-0.3, -0.25) is 4.79 Å². The lowest BCUT2D eigenvalue weighted by Crippen LogP contribution is -2.12. The largest absolute Gasteiger partial charge is 0.490 e. The van der Waals surface area contributed by atoms with Gasteiger partial charge in [0.05, 0.1) is 24.2 Å². The number of hydrogen-bond donors (Lipinski definition) is 3. The molecule has 0 saturated carbocycles. The van der Waals surface area contributed by atoms with Crippen LogP contribution < -0.4 is 20.5 Å². The highest BCUT2D eigenvalue weighted by Crippen LogP contribution is 2.29. The van der Waals surface area contributed by atoms with E-state index in [2.05, 4.69) is 15.3 Å². The standard InChI is InChI=1S/C18H19N3O4/c1-3-24-15-8-5-11(9-16(15)25-4-2)17(22)19-12-6-7-13-14(10-12)21-18(23)20-13/h5-10H,3-4H2,1-2H3,(H,19,22)(H2,20,21,23). The van der Waals surface area contributed by atoms with Crippen LogP contribution in [-0.4, -0.2) is 29.1 Å². The molecule has 0 radical (unpaired) electrons. The van der Waals surface area contributed by atoms with Crippen molar-refractivity contribution in [1.82, 2.24) is 9.97 Å². The lowest BCUT2D eigenvalue weighted by Gasteiger charge is -2.12. The molecule has 0 bridgehead atoms. The summed E-state index contributed by atoms with van der Waals surface area (Å²) in [5, 5.41) is 2.81. The van der Waals surface area contributed by atoms with Crippen molar-refractivity contribution in [3.63, 3.8) is 0 Å². The van der Waals surface area contributed by atoms with Crippen molar-refractivity contribution in [3.05, 3.63) is 52.4 Å². The lowest BCUT2D eigenvalue weighted by molar-refractivity contribution is 0.102. The summed E-state index contributed by atoms with van der Waals surface area (Å²) in [5.41, 5.74) is 2.06. The fourth-order valence-corrected chi connectivity index (χ4v) is 2.51. The molecule has 25 heavy (non-hydrogen) atoms. The smallest absolute Gasteiger partial charge is 0.323 e. The van der Waals surface area contributed by atoms with Crippen molar-refractivity contribution in [2.24, 2.45) is 0 Å². The predicted molar refractivity (Wildman–Crippen MR) is 95.7 cm³/mol. The lowest BCUT2D eigenvalue weighted by atomic mass is 10.1. The Hall–Kier alpha value is -3.22. The molecule has 0 aliphatic heterocycles. The van der Waals surface area contributed by atoms with Gasteiger partial charge in [0.25, 0.3) is 5.91 Å². The number of anilines is 1. The number of aromatic nitrogens is 2. The molecule has 0 atom stereocenters. The average Bonchev–Trinajstić information content (AvgIpc) is 2.96. The first-order valence-electron chi connectivity index (χ1n) is 8.03. The number of aromatic amines is 2. The molecule has 0 spiro atoms. The summed E-state index contributed by atoms with van der Waals surface area (Å²) in [7, 11) is 0. The second kappa shape index (κ2) is 7.12. The van der Waals surface area contributed by atoms with Crippen LogP contribution in [0, 0.1) is 0 Å². The van der Waals surface area contributed by atoms with Gasteiger partial charge in [-0.05, 0) is 50.2 Å². The third-order valence-corrected chi connectivity index (χ3v) is 3.58. The molecule has 0 aliphatic carbocycles. The fourth-order valence-electron chi connectivity index (χ4n) is 2.51. The minimum atomic E-state index is -0.286. The molecular weight excluding hydrogens is 322 g/mol. The van der Waals surface area contributed by atoms with Crippen molar-refractivity contribution >= 4 is 22.6 Å². The number of carbonyl (C=O) groups excluding carboxylic acids is 1. The van der Waals surface area contributed by atoms with Gasteiger partial charge in [-0.15, -0.1) is 0 Å². The summed E-state index contributed by atoms with van der Waals surface area (Å²) in [5.74, 6) is 0.857. The average molecular weight is 341 g/mol. The molecule has 0 fully saturated rings. The van der Waals surface area contributed by atoms with E-state index < -0.39 is 0 Å². The molecule has 3 N–H and O–H groups in total. The minimum absolute atomic E-state index is 0.277. The van der Waals surface area contributed by atoms with Crippen LogP contribution in [0.15, 0.2) is 41.2 Å². The topological polar surface area (TPSA) is 96.2 Å². The summed E-state index contributed by atoms with van der Waals surface area (Å²) >= 11 is 0. The first-order chi connectivity index (χ1) is 12.1. The normalized spacial score (nSPS) is 10.6. The first kappa shape index (κ1) is 16.6. The Morgan fingerprint density at radius 3 is 2.44 bits per heavy atom. The molecule has 0 saturated heterocycles. The van der Waals surface area contributed by atoms with E-state index in [1.807, 2.05) is 13.8 Å². The number of hydrogen-bond acceptors (Lipinski definition) is 4. The van der Waals surface area contributed by atoms with Gasteiger partial charge in [0.1, 0.15) is 0 Å². The van der Waals surface area contributed by atoms with Crippen LogP contribution in [-0.2, 0) is 0 Å². The summed E-state index contributed by atoms with van der Waals surface area (Å²) in [6.07, 6.45) is 0. The molecule has 7 nitrogen and oxygen atoms in total. The van der Waals surface area contributed by atoms with Gasteiger partial charge >= 0.3 is 5.69 Å². The number of carbonyl (C=O) groups is 1. The Bertz CT molecular complexity index is 958. The van der Waals surface area contributed by atoms with Crippen molar-refractivity contribution in [2.75, 3.05) is 18.5 Å². The number of rotatable bonds is 6. The van der Waals surface area contributed by atoms with Gasteiger partial charge in [-0.2, -0.15) is 0 Å². The minimum Gasteiger partial charge on any atom is -0.490 e. The maximum Gasteiger partial charge on any atom is 0.323 e. The molecule has 0 aliphatic rings. The predicted octanol–water partition coefficient (Wildman–Crippen LogP) is 2.91. The van der Waals surface area contributed by atoms with E-state index in [0.29, 0.717) is 47.0 Å². The van der Waals surface area contributed by atoms with Gasteiger partial charge in [0.15, 0.2) is 11.5 Å². The summed E-state index contributed by atoms with van der Waals surface area (Å²) in [6.45, 7) is 4.75. The van der Waals surface area contributed by atoms with Crippen LogP contribution in [0.5, 0.6) is 11.5 Å². The third-order valence-electron chi connectivity index (χ3n) is 3.58. The number of nitrogens with one attached hydrogen (secondary N) is 3. The zero-order valence-electron chi connectivity index (χ0n) is 14.0. The SMILES string of the molecule is CCOc1ccc(C(=O)Nc2ccc3[nH]c(=O)[nH]c3c2)cc1OCC. The third kappa shape index (κ3) is 3.65. The first-order valence-corrected chi connectivity index (χ1v) is 8.03. The Balaban J connectivity index is 1.83. The van der Waals surface area contributed by atoms with Crippen LogP contribution in [0.25, 0.3) is 11.0 Å². The highest BCUT2D eigenvalue weighted by molar-refractivity contribution is 6.05. The van der Waals surface area contributed by atoms with E-state index in [0.717, 1.165) is 0 Å². The molecule has 130 valence electrons. The summed E-state index contributed by atoms with van der Waals surface area (Å²) in [6, 6.07) is 10.2. The second-order valence-electron chi connectivity index (χ2n) is 5.32. The van der Waals surface area contributed by atoms with E-state index >= 15 is 0 Å². The summed E-state index contributed by atoms with van der Waals surface area (Å²) < 4.78 is 11.0. The second-order valence-corrected chi connectivity index (χ2v) is 5.32. The molecule has 3 aromatic rings. The van der Waals surface area contributed by atoms with Gasteiger partial charge in [0, 0.05) is 11.3 Å². The van der Waals surface area contributed by atoms with Crippen LogP contribution in [0.3, 0.4) is 0 Å².